The highest BCUT2D eigenvalue weighted by atomic mass is 16.6. The molecule has 3 unspecified atom stereocenters. The van der Waals surface area contributed by atoms with Crippen molar-refractivity contribution in [1.29, 1.82) is 0 Å². The Labute approximate surface area is 145 Å². The summed E-state index contributed by atoms with van der Waals surface area (Å²) in [6.45, 7) is 4.12. The molecule has 0 aromatic heterocycles. The summed E-state index contributed by atoms with van der Waals surface area (Å²) in [4.78, 5) is 36.8. The number of benzene rings is 1. The van der Waals surface area contributed by atoms with Crippen molar-refractivity contribution in [3.05, 3.63) is 39.4 Å². The molecule has 1 amide bonds. The lowest BCUT2D eigenvalue weighted by Crippen LogP contribution is -2.43. The van der Waals surface area contributed by atoms with E-state index in [4.69, 9.17) is 0 Å². The molecule has 134 valence electrons. The first-order valence-corrected chi connectivity index (χ1v) is 8.63. The van der Waals surface area contributed by atoms with Crippen molar-refractivity contribution in [2.75, 3.05) is 6.54 Å². The predicted molar refractivity (Wildman–Crippen MR) is 90.5 cm³/mol. The Morgan fingerprint density at radius 2 is 2.04 bits per heavy atom. The molecule has 1 aromatic rings. The van der Waals surface area contributed by atoms with E-state index in [0.29, 0.717) is 12.1 Å². The SMILES string of the molecule is CC(C)c1ccc(C(=O)N2CC3CCCC3C2C(=O)O)cc1[N+](=O)[O-]. The van der Waals surface area contributed by atoms with Gasteiger partial charge < -0.3 is 10.0 Å². The van der Waals surface area contributed by atoms with Crippen molar-refractivity contribution >= 4 is 17.6 Å². The van der Waals surface area contributed by atoms with Gasteiger partial charge in [0.25, 0.3) is 11.6 Å². The van der Waals surface area contributed by atoms with Crippen LogP contribution in [0.15, 0.2) is 18.2 Å². The molecule has 0 radical (unpaired) electrons. The van der Waals surface area contributed by atoms with E-state index in [1.54, 1.807) is 12.1 Å². The molecule has 1 aromatic carbocycles. The molecule has 1 saturated heterocycles. The molecule has 2 fully saturated rings. The predicted octanol–water partition coefficient (Wildman–Crippen LogP) is 3.04. The van der Waals surface area contributed by atoms with Gasteiger partial charge in [-0.25, -0.2) is 4.79 Å². The summed E-state index contributed by atoms with van der Waals surface area (Å²) < 4.78 is 0. The Kier molecular flexibility index (Phi) is 4.49. The van der Waals surface area contributed by atoms with Crippen molar-refractivity contribution < 1.29 is 19.6 Å². The lowest BCUT2D eigenvalue weighted by atomic mass is 9.94. The van der Waals surface area contributed by atoms with Gasteiger partial charge in [0.1, 0.15) is 6.04 Å². The average molecular weight is 346 g/mol. The summed E-state index contributed by atoms with van der Waals surface area (Å²) in [6.07, 6.45) is 2.75. The molecule has 1 aliphatic carbocycles. The van der Waals surface area contributed by atoms with Crippen molar-refractivity contribution in [3.8, 4) is 0 Å². The van der Waals surface area contributed by atoms with Gasteiger partial charge in [-0.05, 0) is 36.7 Å². The van der Waals surface area contributed by atoms with E-state index in [2.05, 4.69) is 0 Å². The summed E-state index contributed by atoms with van der Waals surface area (Å²) in [5, 5.41) is 20.9. The fourth-order valence-corrected chi connectivity index (χ4v) is 4.32. The molecular weight excluding hydrogens is 324 g/mol. The fourth-order valence-electron chi connectivity index (χ4n) is 4.32. The van der Waals surface area contributed by atoms with Crippen LogP contribution in [-0.2, 0) is 4.79 Å². The van der Waals surface area contributed by atoms with Gasteiger partial charge in [-0.1, -0.05) is 26.3 Å². The number of carbonyl (C=O) groups is 2. The molecule has 7 heteroatoms. The molecule has 7 nitrogen and oxygen atoms in total. The van der Waals surface area contributed by atoms with Crippen LogP contribution in [0.25, 0.3) is 0 Å². The van der Waals surface area contributed by atoms with Gasteiger partial charge in [-0.2, -0.15) is 0 Å². The number of carboxylic acid groups (broad SMARTS) is 1. The zero-order chi connectivity index (χ0) is 18.3. The first-order chi connectivity index (χ1) is 11.8. The smallest absolute Gasteiger partial charge is 0.326 e. The molecule has 1 saturated carbocycles. The van der Waals surface area contributed by atoms with Gasteiger partial charge in [0.15, 0.2) is 0 Å². The third-order valence-electron chi connectivity index (χ3n) is 5.50. The van der Waals surface area contributed by atoms with E-state index in [0.717, 1.165) is 19.3 Å². The number of hydrogen-bond acceptors (Lipinski definition) is 4. The molecule has 3 atom stereocenters. The van der Waals surface area contributed by atoms with Gasteiger partial charge >= 0.3 is 5.97 Å². The first-order valence-electron chi connectivity index (χ1n) is 8.63. The summed E-state index contributed by atoms with van der Waals surface area (Å²) in [5.41, 5.74) is 0.657. The standard InChI is InChI=1S/C18H22N2O5/c1-10(2)13-7-6-11(8-15(13)20(24)25)17(21)19-9-12-4-3-5-14(12)16(19)18(22)23/h6-8,10,12,14,16H,3-5,9H2,1-2H3,(H,22,23). The lowest BCUT2D eigenvalue weighted by Gasteiger charge is -2.24. The Balaban J connectivity index is 1.94. The minimum Gasteiger partial charge on any atom is -0.480 e. The number of nitro benzene ring substituents is 1. The van der Waals surface area contributed by atoms with Crippen molar-refractivity contribution in [2.45, 2.75) is 45.1 Å². The summed E-state index contributed by atoms with van der Waals surface area (Å²) in [5.74, 6) is -1.25. The minimum absolute atomic E-state index is 0.00799. The van der Waals surface area contributed by atoms with Gasteiger partial charge in [0.2, 0.25) is 0 Å². The maximum absolute atomic E-state index is 12.9. The van der Waals surface area contributed by atoms with Gasteiger partial charge in [0.05, 0.1) is 4.92 Å². The molecule has 0 spiro atoms. The minimum atomic E-state index is -0.990. The van der Waals surface area contributed by atoms with Crippen LogP contribution < -0.4 is 0 Å². The van der Waals surface area contributed by atoms with E-state index in [1.165, 1.54) is 11.0 Å². The number of fused-ring (bicyclic) bond motifs is 1. The highest BCUT2D eigenvalue weighted by Crippen LogP contribution is 2.43. The number of aliphatic carboxylic acids is 1. The average Bonchev–Trinajstić information content (AvgIpc) is 3.13. The second kappa shape index (κ2) is 6.46. The highest BCUT2D eigenvalue weighted by molar-refractivity contribution is 5.97. The number of likely N-dealkylation sites (tertiary alicyclic amines) is 1. The van der Waals surface area contributed by atoms with Gasteiger partial charge in [0, 0.05) is 23.7 Å². The molecule has 25 heavy (non-hydrogen) atoms. The maximum atomic E-state index is 12.9. The van der Waals surface area contributed by atoms with Crippen LogP contribution in [-0.4, -0.2) is 39.4 Å². The molecule has 2 aliphatic rings. The summed E-state index contributed by atoms with van der Waals surface area (Å²) in [6, 6.07) is 3.62. The molecule has 1 N–H and O–H groups in total. The third kappa shape index (κ3) is 2.99. The Bertz CT molecular complexity index is 730. The summed E-state index contributed by atoms with van der Waals surface area (Å²) >= 11 is 0. The maximum Gasteiger partial charge on any atom is 0.326 e. The number of nitrogens with zero attached hydrogens (tertiary/aromatic N) is 2. The number of amides is 1. The molecule has 0 bridgehead atoms. The Morgan fingerprint density at radius 3 is 2.64 bits per heavy atom. The van der Waals surface area contributed by atoms with Crippen LogP contribution in [0.2, 0.25) is 0 Å². The van der Waals surface area contributed by atoms with E-state index in [-0.39, 0.29) is 29.0 Å². The van der Waals surface area contributed by atoms with Crippen LogP contribution >= 0.6 is 0 Å². The van der Waals surface area contributed by atoms with E-state index >= 15 is 0 Å². The first kappa shape index (κ1) is 17.4. The van der Waals surface area contributed by atoms with Crippen LogP contribution in [0.5, 0.6) is 0 Å². The zero-order valence-corrected chi connectivity index (χ0v) is 14.3. The van der Waals surface area contributed by atoms with E-state index < -0.39 is 22.8 Å². The van der Waals surface area contributed by atoms with Crippen LogP contribution in [0.3, 0.4) is 0 Å². The van der Waals surface area contributed by atoms with Gasteiger partial charge in [-0.3, -0.25) is 14.9 Å². The molecule has 3 rings (SSSR count). The second-order valence-electron chi connectivity index (χ2n) is 7.28. The summed E-state index contributed by atoms with van der Waals surface area (Å²) in [7, 11) is 0. The van der Waals surface area contributed by atoms with Crippen LogP contribution in [0.4, 0.5) is 5.69 Å². The van der Waals surface area contributed by atoms with Crippen molar-refractivity contribution in [3.63, 3.8) is 0 Å². The lowest BCUT2D eigenvalue weighted by molar-refractivity contribution is -0.385. The number of hydrogen-bond donors (Lipinski definition) is 1. The molecular formula is C18H22N2O5. The monoisotopic (exact) mass is 346 g/mol. The highest BCUT2D eigenvalue weighted by Gasteiger charge is 2.49. The largest absolute Gasteiger partial charge is 0.480 e. The second-order valence-corrected chi connectivity index (χ2v) is 7.28. The van der Waals surface area contributed by atoms with Crippen LogP contribution in [0, 0.1) is 22.0 Å². The Morgan fingerprint density at radius 1 is 1.32 bits per heavy atom. The number of rotatable bonds is 4. The number of nitro groups is 1. The van der Waals surface area contributed by atoms with Crippen molar-refractivity contribution in [1.82, 2.24) is 4.90 Å². The van der Waals surface area contributed by atoms with E-state index in [1.807, 2.05) is 13.8 Å². The quantitative estimate of drug-likeness (QED) is 0.667. The van der Waals surface area contributed by atoms with E-state index in [9.17, 15) is 24.8 Å². The fraction of sp³-hybridized carbons (Fsp3) is 0.556. The third-order valence-corrected chi connectivity index (χ3v) is 5.50. The van der Waals surface area contributed by atoms with Gasteiger partial charge in [-0.15, -0.1) is 0 Å². The zero-order valence-electron chi connectivity index (χ0n) is 14.3. The van der Waals surface area contributed by atoms with Crippen LogP contribution in [0.1, 0.15) is 54.9 Å². The number of carboxylic acids is 1. The topological polar surface area (TPSA) is 101 Å². The van der Waals surface area contributed by atoms with Crippen molar-refractivity contribution in [2.24, 2.45) is 11.8 Å². The Hall–Kier alpha value is -2.44. The normalized spacial score (nSPS) is 25.2. The molecule has 1 heterocycles. The number of carbonyl (C=O) groups excluding carboxylic acids is 1. The molecule has 1 aliphatic heterocycles.